The Labute approximate surface area is 151 Å². The number of benzene rings is 2. The fourth-order valence-corrected chi connectivity index (χ4v) is 3.23. The Kier molecular flexibility index (Phi) is 6.17. The Balaban J connectivity index is 2.35. The van der Waals surface area contributed by atoms with Crippen LogP contribution in [0.3, 0.4) is 0 Å². The highest BCUT2D eigenvalue weighted by molar-refractivity contribution is 7.92. The third-order valence-corrected chi connectivity index (χ3v) is 4.70. The molecule has 1 amide bonds. The second-order valence-corrected chi connectivity index (χ2v) is 7.23. The van der Waals surface area contributed by atoms with Crippen molar-refractivity contribution < 1.29 is 27.4 Å². The zero-order valence-electron chi connectivity index (χ0n) is 14.3. The van der Waals surface area contributed by atoms with Gasteiger partial charge in [-0.25, -0.2) is 12.8 Å². The topological polar surface area (TPSA) is 95.9 Å². The van der Waals surface area contributed by atoms with Crippen LogP contribution in [0, 0.1) is 5.82 Å². The van der Waals surface area contributed by atoms with Crippen LogP contribution in [0.15, 0.2) is 47.4 Å². The molecule has 0 aliphatic carbocycles. The molecular weight excluding hydrogens is 363 g/mol. The number of carbonyl (C=O) groups is 1. The summed E-state index contributed by atoms with van der Waals surface area (Å²) in [6.07, 6.45) is 0. The van der Waals surface area contributed by atoms with E-state index in [1.54, 1.807) is 14.1 Å². The molecule has 2 aromatic carbocycles. The van der Waals surface area contributed by atoms with Crippen LogP contribution in [0.2, 0.25) is 0 Å². The van der Waals surface area contributed by atoms with Crippen LogP contribution in [0.4, 0.5) is 10.1 Å². The van der Waals surface area contributed by atoms with Gasteiger partial charge in [-0.3, -0.25) is 9.52 Å². The smallest absolute Gasteiger partial charge is 0.262 e. The predicted octanol–water partition coefficient (Wildman–Crippen LogP) is 1.70. The molecule has 0 radical (unpaired) electrons. The van der Waals surface area contributed by atoms with Crippen LogP contribution in [-0.4, -0.2) is 51.6 Å². The number of sulfonamides is 1. The van der Waals surface area contributed by atoms with Gasteiger partial charge in [0.2, 0.25) is 0 Å². The minimum Gasteiger partial charge on any atom is -0.489 e. The van der Waals surface area contributed by atoms with Crippen molar-refractivity contribution in [3.8, 4) is 5.75 Å². The minimum atomic E-state index is -4.04. The summed E-state index contributed by atoms with van der Waals surface area (Å²) in [5, 5.41) is 8.83. The number of nitrogens with zero attached hydrogens (tertiary/aromatic N) is 1. The van der Waals surface area contributed by atoms with E-state index >= 15 is 0 Å². The third-order valence-electron chi connectivity index (χ3n) is 3.33. The summed E-state index contributed by atoms with van der Waals surface area (Å²) in [5.41, 5.74) is 0.234. The van der Waals surface area contributed by atoms with Crippen LogP contribution in [0.5, 0.6) is 5.75 Å². The van der Waals surface area contributed by atoms with Gasteiger partial charge in [0.25, 0.3) is 15.9 Å². The summed E-state index contributed by atoms with van der Waals surface area (Å²) in [6, 6.07) is 8.87. The molecule has 0 aromatic heterocycles. The Bertz CT molecular complexity index is 900. The van der Waals surface area contributed by atoms with Gasteiger partial charge in [-0.05, 0) is 30.3 Å². The molecule has 0 unspecified atom stereocenters. The molecule has 0 aliphatic heterocycles. The Morgan fingerprint density at radius 3 is 2.62 bits per heavy atom. The molecule has 0 saturated heterocycles. The molecule has 2 N–H and O–H groups in total. The van der Waals surface area contributed by atoms with Gasteiger partial charge >= 0.3 is 0 Å². The van der Waals surface area contributed by atoms with E-state index in [4.69, 9.17) is 9.84 Å². The molecule has 2 aromatic rings. The first-order valence-corrected chi connectivity index (χ1v) is 9.10. The number of aliphatic hydroxyl groups is 1. The van der Waals surface area contributed by atoms with Crippen molar-refractivity contribution in [2.45, 2.75) is 4.90 Å². The molecule has 0 aliphatic rings. The lowest BCUT2D eigenvalue weighted by molar-refractivity contribution is 0.0827. The number of ether oxygens (including phenoxy) is 1. The predicted molar refractivity (Wildman–Crippen MR) is 94.2 cm³/mol. The molecule has 0 bridgehead atoms. The quantitative estimate of drug-likeness (QED) is 0.760. The second-order valence-electron chi connectivity index (χ2n) is 5.55. The summed E-state index contributed by atoms with van der Waals surface area (Å²) in [7, 11) is -0.920. The zero-order chi connectivity index (χ0) is 19.3. The molecule has 0 atom stereocenters. The Morgan fingerprint density at radius 1 is 1.23 bits per heavy atom. The standard InChI is InChI=1S/C17H19FN2O5S/c1-20(2)17(22)12-4-3-5-14(10-12)26(23,24)19-15-7-6-13(18)11-16(15)25-9-8-21/h3-7,10-11,19,21H,8-9H2,1-2H3. The highest BCUT2D eigenvalue weighted by Gasteiger charge is 2.19. The van der Waals surface area contributed by atoms with Crippen molar-refractivity contribution in [2.24, 2.45) is 0 Å². The van der Waals surface area contributed by atoms with E-state index in [9.17, 15) is 17.6 Å². The number of hydrogen-bond donors (Lipinski definition) is 2. The monoisotopic (exact) mass is 382 g/mol. The fourth-order valence-electron chi connectivity index (χ4n) is 2.11. The lowest BCUT2D eigenvalue weighted by atomic mass is 10.2. The molecular formula is C17H19FN2O5S. The SMILES string of the molecule is CN(C)C(=O)c1cccc(S(=O)(=O)Nc2ccc(F)cc2OCCO)c1. The maximum atomic E-state index is 13.4. The van der Waals surface area contributed by atoms with Gasteiger partial charge in [0, 0.05) is 25.7 Å². The third kappa shape index (κ3) is 4.70. The summed E-state index contributed by atoms with van der Waals surface area (Å²) < 4.78 is 46.1. The average Bonchev–Trinajstić information content (AvgIpc) is 2.61. The first-order valence-electron chi connectivity index (χ1n) is 7.62. The van der Waals surface area contributed by atoms with Gasteiger partial charge in [0.1, 0.15) is 18.2 Å². The normalized spacial score (nSPS) is 11.1. The van der Waals surface area contributed by atoms with E-state index in [1.807, 2.05) is 0 Å². The Morgan fingerprint density at radius 2 is 1.96 bits per heavy atom. The molecule has 2 rings (SSSR count). The number of halogens is 1. The maximum Gasteiger partial charge on any atom is 0.262 e. The summed E-state index contributed by atoms with van der Waals surface area (Å²) >= 11 is 0. The van der Waals surface area contributed by atoms with Crippen molar-refractivity contribution in [1.29, 1.82) is 0 Å². The highest BCUT2D eigenvalue weighted by atomic mass is 32.2. The zero-order valence-corrected chi connectivity index (χ0v) is 15.1. The first-order chi connectivity index (χ1) is 12.2. The van der Waals surface area contributed by atoms with Crippen molar-refractivity contribution in [3.05, 3.63) is 53.8 Å². The molecule has 0 heterocycles. The van der Waals surface area contributed by atoms with E-state index in [0.29, 0.717) is 0 Å². The summed E-state index contributed by atoms with van der Waals surface area (Å²) in [4.78, 5) is 13.2. The number of hydrogen-bond acceptors (Lipinski definition) is 5. The van der Waals surface area contributed by atoms with Crippen LogP contribution < -0.4 is 9.46 Å². The van der Waals surface area contributed by atoms with Gasteiger partial charge in [0.05, 0.1) is 17.2 Å². The molecule has 140 valence electrons. The van der Waals surface area contributed by atoms with E-state index in [-0.39, 0.29) is 41.0 Å². The van der Waals surface area contributed by atoms with Crippen LogP contribution in [-0.2, 0) is 10.0 Å². The van der Waals surface area contributed by atoms with Crippen LogP contribution in [0.1, 0.15) is 10.4 Å². The number of aliphatic hydroxyl groups excluding tert-OH is 1. The number of carbonyl (C=O) groups excluding carboxylic acids is 1. The maximum absolute atomic E-state index is 13.4. The van der Waals surface area contributed by atoms with E-state index in [0.717, 1.165) is 12.1 Å². The average molecular weight is 382 g/mol. The summed E-state index contributed by atoms with van der Waals surface area (Å²) in [6.45, 7) is -0.428. The molecule has 7 nitrogen and oxygen atoms in total. The van der Waals surface area contributed by atoms with Crippen molar-refractivity contribution in [2.75, 3.05) is 32.0 Å². The van der Waals surface area contributed by atoms with Gasteiger partial charge in [-0.15, -0.1) is 0 Å². The van der Waals surface area contributed by atoms with Gasteiger partial charge in [0.15, 0.2) is 0 Å². The highest BCUT2D eigenvalue weighted by Crippen LogP contribution is 2.28. The molecule has 26 heavy (non-hydrogen) atoms. The number of anilines is 1. The largest absolute Gasteiger partial charge is 0.489 e. The lowest BCUT2D eigenvalue weighted by Gasteiger charge is -2.14. The first kappa shape index (κ1) is 19.7. The number of rotatable bonds is 7. The van der Waals surface area contributed by atoms with Gasteiger partial charge < -0.3 is 14.7 Å². The number of nitrogens with one attached hydrogen (secondary N) is 1. The second kappa shape index (κ2) is 8.15. The van der Waals surface area contributed by atoms with Crippen molar-refractivity contribution in [3.63, 3.8) is 0 Å². The van der Waals surface area contributed by atoms with E-state index in [2.05, 4.69) is 4.72 Å². The van der Waals surface area contributed by atoms with Gasteiger partial charge in [-0.2, -0.15) is 0 Å². The van der Waals surface area contributed by atoms with Crippen LogP contribution in [0.25, 0.3) is 0 Å². The molecule has 0 spiro atoms. The fraction of sp³-hybridized carbons (Fsp3) is 0.235. The van der Waals surface area contributed by atoms with Crippen LogP contribution >= 0.6 is 0 Å². The molecule has 0 saturated carbocycles. The minimum absolute atomic E-state index is 0.0178. The Hall–Kier alpha value is -2.65. The van der Waals surface area contributed by atoms with E-state index in [1.165, 1.54) is 35.2 Å². The lowest BCUT2D eigenvalue weighted by Crippen LogP contribution is -2.22. The van der Waals surface area contributed by atoms with Crippen molar-refractivity contribution in [1.82, 2.24) is 4.90 Å². The van der Waals surface area contributed by atoms with E-state index < -0.39 is 15.8 Å². The van der Waals surface area contributed by atoms with Gasteiger partial charge in [-0.1, -0.05) is 6.07 Å². The van der Waals surface area contributed by atoms with Crippen molar-refractivity contribution >= 4 is 21.6 Å². The number of amides is 1. The molecule has 9 heteroatoms. The molecule has 0 fully saturated rings. The summed E-state index contributed by atoms with van der Waals surface area (Å²) in [5.74, 6) is -1.00.